The molecule has 1 unspecified atom stereocenters. The second-order valence-electron chi connectivity index (χ2n) is 9.61. The van der Waals surface area contributed by atoms with Crippen LogP contribution < -0.4 is 4.90 Å². The van der Waals surface area contributed by atoms with Gasteiger partial charge in [0.2, 0.25) is 0 Å². The van der Waals surface area contributed by atoms with Gasteiger partial charge in [0.05, 0.1) is 15.0 Å². The highest BCUT2D eigenvalue weighted by molar-refractivity contribution is 7.86. The number of hydrogen-bond donors (Lipinski definition) is 0. The van der Waals surface area contributed by atoms with Gasteiger partial charge in [-0.15, -0.1) is 6.58 Å². The summed E-state index contributed by atoms with van der Waals surface area (Å²) in [4.78, 5) is 6.17. The van der Waals surface area contributed by atoms with E-state index in [0.29, 0.717) is 18.4 Å². The molecule has 1 aliphatic rings. The van der Waals surface area contributed by atoms with Crippen molar-refractivity contribution >= 4 is 36.7 Å². The predicted octanol–water partition coefficient (Wildman–Crippen LogP) is 4.42. The first-order chi connectivity index (χ1) is 17.3. The smallest absolute Gasteiger partial charge is 0.124 e. The van der Waals surface area contributed by atoms with Gasteiger partial charge < -0.3 is 14.0 Å². The summed E-state index contributed by atoms with van der Waals surface area (Å²) >= 11 is 0. The summed E-state index contributed by atoms with van der Waals surface area (Å²) in [6.45, 7) is 8.36. The first-order valence-corrected chi connectivity index (χ1v) is 14.8. The number of anilines is 1. The molecule has 2 aromatic carbocycles. The van der Waals surface area contributed by atoms with Gasteiger partial charge in [-0.05, 0) is 59.5 Å². The Morgan fingerprint density at radius 1 is 1.08 bits per heavy atom. The summed E-state index contributed by atoms with van der Waals surface area (Å²) in [5.41, 5.74) is 3.05. The monoisotopic (exact) mass is 540 g/mol. The van der Waals surface area contributed by atoms with Crippen molar-refractivity contribution in [2.45, 2.75) is 42.9 Å². The average molecular weight is 541 g/mol. The van der Waals surface area contributed by atoms with Crippen molar-refractivity contribution in [3.8, 4) is 0 Å². The van der Waals surface area contributed by atoms with Crippen molar-refractivity contribution in [2.24, 2.45) is 0 Å². The second kappa shape index (κ2) is 10.0. The van der Waals surface area contributed by atoms with Gasteiger partial charge in [0.25, 0.3) is 0 Å². The van der Waals surface area contributed by atoms with E-state index in [1.165, 1.54) is 12.1 Å². The van der Waals surface area contributed by atoms with Crippen molar-refractivity contribution in [1.82, 2.24) is 4.98 Å². The Kier molecular flexibility index (Phi) is 7.31. The Balaban J connectivity index is 1.81. The summed E-state index contributed by atoms with van der Waals surface area (Å²) in [5.74, 6) is -0.521. The number of fused-ring (bicyclic) bond motifs is 3. The van der Waals surface area contributed by atoms with Crippen LogP contribution in [0.5, 0.6) is 0 Å². The summed E-state index contributed by atoms with van der Waals surface area (Å²) in [6.07, 6.45) is 6.40. The van der Waals surface area contributed by atoms with Crippen LogP contribution in [0.15, 0.2) is 84.1 Å². The van der Waals surface area contributed by atoms with E-state index in [1.54, 1.807) is 18.3 Å². The van der Waals surface area contributed by atoms with Crippen molar-refractivity contribution < 1.29 is 25.9 Å². The quantitative estimate of drug-likeness (QED) is 0.288. The number of nitrogens with zero attached hydrogens (tertiary/aromatic N) is 2. The minimum absolute atomic E-state index is 0.0429. The lowest BCUT2D eigenvalue weighted by Crippen LogP contribution is -2.28. The molecule has 0 aliphatic carbocycles. The lowest BCUT2D eigenvalue weighted by molar-refractivity contribution is 0.460. The molecule has 196 valence electrons. The van der Waals surface area contributed by atoms with Gasteiger partial charge in [-0.25, -0.2) is 16.8 Å². The highest BCUT2D eigenvalue weighted by Crippen LogP contribution is 2.51. The van der Waals surface area contributed by atoms with E-state index in [9.17, 15) is 25.9 Å². The van der Waals surface area contributed by atoms with Crippen molar-refractivity contribution in [3.63, 3.8) is 0 Å². The van der Waals surface area contributed by atoms with Gasteiger partial charge in [-0.1, -0.05) is 44.2 Å². The molecule has 0 amide bonds. The zero-order valence-electron chi connectivity index (χ0n) is 20.6. The van der Waals surface area contributed by atoms with Crippen LogP contribution in [0.2, 0.25) is 0 Å². The molecule has 10 heteroatoms. The number of aromatic nitrogens is 1. The van der Waals surface area contributed by atoms with E-state index in [1.807, 2.05) is 49.1 Å². The van der Waals surface area contributed by atoms with E-state index in [0.717, 1.165) is 28.0 Å². The number of benzene rings is 2. The molecule has 8 nitrogen and oxygen atoms in total. The topological polar surface area (TPSA) is 131 Å². The largest absolute Gasteiger partial charge is 0.748 e. The average Bonchev–Trinajstić information content (AvgIpc) is 3.04. The van der Waals surface area contributed by atoms with Gasteiger partial charge in [-0.3, -0.25) is 4.98 Å². The van der Waals surface area contributed by atoms with Crippen LogP contribution in [-0.2, 0) is 25.7 Å². The molecule has 1 aliphatic heterocycles. The normalized spacial score (nSPS) is 17.2. The first kappa shape index (κ1) is 27.0. The molecule has 0 saturated carbocycles. The maximum Gasteiger partial charge on any atom is 0.124 e. The molecule has 2 heterocycles. The Morgan fingerprint density at radius 2 is 1.84 bits per heavy atom. The summed E-state index contributed by atoms with van der Waals surface area (Å²) in [6, 6.07) is 13.6. The molecule has 0 fully saturated rings. The molecule has 1 atom stereocenters. The molecular formula is C27H28N2O6S2-2. The first-order valence-electron chi connectivity index (χ1n) is 11.8. The maximum atomic E-state index is 11.6. The number of rotatable bonds is 9. The Hall–Kier alpha value is -3.05. The van der Waals surface area contributed by atoms with E-state index in [4.69, 9.17) is 0 Å². The summed E-state index contributed by atoms with van der Waals surface area (Å²) in [5, 5.41) is 1.41. The summed E-state index contributed by atoms with van der Waals surface area (Å²) < 4.78 is 68.6. The molecule has 0 bridgehead atoms. The molecule has 3 aromatic rings. The molecule has 37 heavy (non-hydrogen) atoms. The minimum Gasteiger partial charge on any atom is -0.748 e. The Bertz CT molecular complexity index is 1580. The highest BCUT2D eigenvalue weighted by Gasteiger charge is 2.41. The van der Waals surface area contributed by atoms with E-state index < -0.39 is 31.4 Å². The number of allylic oxidation sites excluding steroid dienone is 3. The van der Waals surface area contributed by atoms with Crippen LogP contribution in [0, 0.1) is 0 Å². The van der Waals surface area contributed by atoms with E-state index in [-0.39, 0.29) is 17.2 Å². The van der Waals surface area contributed by atoms with Gasteiger partial charge in [0.15, 0.2) is 0 Å². The SMILES string of the molecule is C=CC(CC=C1N(CCCS(=O)(=O)[O-])c2ccc3cc(S(=O)(=O)[O-])ccc3c2C1(C)C)c1ccccn1. The standard InChI is InChI=1S/C27H30N2O6S2/c1-4-19(23-8-5-6-15-28-23)10-14-25-27(2,3)26-22-12-11-21(37(33,34)35)18-20(22)9-13-24(26)29(25)16-7-17-36(30,31)32/h4-6,8-9,11-15,18-19H,1,7,10,16-17H2,2-3H3,(H,30,31,32)(H,33,34,35)/p-2. The number of pyridine rings is 1. The third-order valence-corrected chi connectivity index (χ3v) is 8.42. The fourth-order valence-corrected chi connectivity index (χ4v) is 6.09. The molecule has 4 rings (SSSR count). The molecule has 0 saturated heterocycles. The van der Waals surface area contributed by atoms with Crippen LogP contribution in [0.1, 0.15) is 43.9 Å². The van der Waals surface area contributed by atoms with E-state index >= 15 is 0 Å². The third kappa shape index (κ3) is 5.62. The minimum atomic E-state index is -4.61. The molecule has 0 N–H and O–H groups in total. The molecule has 0 radical (unpaired) electrons. The fourth-order valence-electron chi connectivity index (χ4n) is 5.11. The van der Waals surface area contributed by atoms with Gasteiger partial charge in [0.1, 0.15) is 10.1 Å². The molecule has 1 aromatic heterocycles. The van der Waals surface area contributed by atoms with Gasteiger partial charge in [0, 0.05) is 46.9 Å². The zero-order valence-corrected chi connectivity index (χ0v) is 22.3. The van der Waals surface area contributed by atoms with Crippen molar-refractivity contribution in [1.29, 1.82) is 0 Å². The third-order valence-electron chi connectivity index (χ3n) is 6.80. The highest BCUT2D eigenvalue weighted by atomic mass is 32.2. The molecule has 0 spiro atoms. The van der Waals surface area contributed by atoms with Crippen LogP contribution >= 0.6 is 0 Å². The number of hydrogen-bond acceptors (Lipinski definition) is 8. The Labute approximate surface area is 217 Å². The van der Waals surface area contributed by atoms with E-state index in [2.05, 4.69) is 17.6 Å². The molecular weight excluding hydrogens is 512 g/mol. The van der Waals surface area contributed by atoms with Crippen LogP contribution in [-0.4, -0.2) is 43.2 Å². The van der Waals surface area contributed by atoms with Crippen LogP contribution in [0.4, 0.5) is 5.69 Å². The van der Waals surface area contributed by atoms with Gasteiger partial charge >= 0.3 is 0 Å². The second-order valence-corrected chi connectivity index (χ2v) is 12.5. The van der Waals surface area contributed by atoms with Crippen molar-refractivity contribution in [3.05, 3.63) is 90.4 Å². The lowest BCUT2D eigenvalue weighted by atomic mass is 9.80. The zero-order chi connectivity index (χ0) is 27.0. The van der Waals surface area contributed by atoms with Crippen LogP contribution in [0.25, 0.3) is 10.8 Å². The van der Waals surface area contributed by atoms with Gasteiger partial charge in [-0.2, -0.15) is 0 Å². The summed E-state index contributed by atoms with van der Waals surface area (Å²) in [7, 11) is -8.97. The predicted molar refractivity (Wildman–Crippen MR) is 141 cm³/mol. The lowest BCUT2D eigenvalue weighted by Gasteiger charge is -2.28. The Morgan fingerprint density at radius 3 is 2.46 bits per heavy atom. The fraction of sp³-hybridized carbons (Fsp3) is 0.296. The van der Waals surface area contributed by atoms with Crippen LogP contribution in [0.3, 0.4) is 0 Å². The van der Waals surface area contributed by atoms with Crippen molar-refractivity contribution in [2.75, 3.05) is 17.2 Å². The maximum absolute atomic E-state index is 11.6.